The van der Waals surface area contributed by atoms with E-state index in [9.17, 15) is 18.0 Å². The Balaban J connectivity index is 1.70. The molecule has 1 saturated heterocycles. The number of halogens is 3. The van der Waals surface area contributed by atoms with Crippen molar-refractivity contribution in [3.63, 3.8) is 0 Å². The smallest absolute Gasteiger partial charge is 0.345 e. The first-order valence-electron chi connectivity index (χ1n) is 8.25. The molecule has 6 nitrogen and oxygen atoms in total. The van der Waals surface area contributed by atoms with Gasteiger partial charge in [-0.3, -0.25) is 9.69 Å². The number of hydrogen-bond acceptors (Lipinski definition) is 5. The monoisotopic (exact) mass is 387 g/mol. The molecule has 26 heavy (non-hydrogen) atoms. The summed E-state index contributed by atoms with van der Waals surface area (Å²) in [6.45, 7) is 2.47. The molecule has 0 saturated carbocycles. The number of carbonyl (C=O) groups is 1. The molecule has 1 amide bonds. The van der Waals surface area contributed by atoms with Crippen LogP contribution in [0.1, 0.15) is 23.5 Å². The summed E-state index contributed by atoms with van der Waals surface area (Å²) in [5, 5.41) is 5.05. The maximum absolute atomic E-state index is 12.6. The lowest BCUT2D eigenvalue weighted by atomic mass is 9.86. The molecule has 10 heteroatoms. The average Bonchev–Trinajstić information content (AvgIpc) is 3.25. The number of rotatable bonds is 5. The van der Waals surface area contributed by atoms with Gasteiger partial charge in [0.05, 0.1) is 17.0 Å². The second kappa shape index (κ2) is 7.36. The zero-order valence-corrected chi connectivity index (χ0v) is 15.1. The van der Waals surface area contributed by atoms with Crippen LogP contribution in [0, 0.1) is 6.92 Å². The van der Waals surface area contributed by atoms with E-state index in [-0.39, 0.29) is 0 Å². The maximum Gasteiger partial charge on any atom is 0.405 e. The van der Waals surface area contributed by atoms with Crippen molar-refractivity contribution >= 4 is 17.2 Å². The van der Waals surface area contributed by atoms with Crippen LogP contribution in [-0.4, -0.2) is 51.2 Å². The SMILES string of the molecule is Cc1nc(CN2CCC(C(=O)NCC(F)(F)F)(n3ccnc3)CC2)cs1. The summed E-state index contributed by atoms with van der Waals surface area (Å²) in [5.41, 5.74) is -0.0693. The molecular weight excluding hydrogens is 367 g/mol. The van der Waals surface area contributed by atoms with Crippen molar-refractivity contribution in [3.05, 3.63) is 34.8 Å². The Hall–Kier alpha value is -1.94. The highest BCUT2D eigenvalue weighted by Crippen LogP contribution is 2.31. The summed E-state index contributed by atoms with van der Waals surface area (Å²) in [7, 11) is 0. The zero-order valence-electron chi connectivity index (χ0n) is 14.3. The maximum atomic E-state index is 12.6. The lowest BCUT2D eigenvalue weighted by Gasteiger charge is -2.41. The quantitative estimate of drug-likeness (QED) is 0.855. The number of carbonyl (C=O) groups excluding carboxylic acids is 1. The molecule has 0 unspecified atom stereocenters. The molecule has 3 rings (SSSR count). The Morgan fingerprint density at radius 3 is 2.65 bits per heavy atom. The van der Waals surface area contributed by atoms with Crippen molar-refractivity contribution in [1.29, 1.82) is 0 Å². The van der Waals surface area contributed by atoms with E-state index in [4.69, 9.17) is 0 Å². The summed E-state index contributed by atoms with van der Waals surface area (Å²) < 4.78 is 39.2. The second-order valence-electron chi connectivity index (χ2n) is 6.43. The van der Waals surface area contributed by atoms with E-state index in [2.05, 4.69) is 14.9 Å². The lowest BCUT2D eigenvalue weighted by molar-refractivity contribution is -0.145. The summed E-state index contributed by atoms with van der Waals surface area (Å²) in [5.74, 6) is -0.614. The van der Waals surface area contributed by atoms with E-state index >= 15 is 0 Å². The fourth-order valence-electron chi connectivity index (χ4n) is 3.25. The Kier molecular flexibility index (Phi) is 5.33. The number of likely N-dealkylation sites (tertiary alicyclic amines) is 1. The van der Waals surface area contributed by atoms with Crippen molar-refractivity contribution in [1.82, 2.24) is 24.8 Å². The van der Waals surface area contributed by atoms with Gasteiger partial charge in [-0.05, 0) is 19.8 Å². The largest absolute Gasteiger partial charge is 0.405 e. The second-order valence-corrected chi connectivity index (χ2v) is 7.50. The van der Waals surface area contributed by atoms with Gasteiger partial charge in [-0.1, -0.05) is 0 Å². The van der Waals surface area contributed by atoms with Gasteiger partial charge in [-0.2, -0.15) is 13.2 Å². The third-order valence-electron chi connectivity index (χ3n) is 4.61. The Labute approximate surface area is 153 Å². The van der Waals surface area contributed by atoms with Crippen LogP contribution in [0.3, 0.4) is 0 Å². The van der Waals surface area contributed by atoms with Crippen molar-refractivity contribution in [2.24, 2.45) is 0 Å². The number of imidazole rings is 1. The molecule has 2 aromatic heterocycles. The van der Waals surface area contributed by atoms with E-state index in [1.807, 2.05) is 17.6 Å². The predicted molar refractivity (Wildman–Crippen MR) is 90.6 cm³/mol. The number of amides is 1. The minimum absolute atomic E-state index is 0.413. The lowest BCUT2D eigenvalue weighted by Crippen LogP contribution is -2.55. The molecular formula is C16H20F3N5OS. The highest BCUT2D eigenvalue weighted by atomic mass is 32.1. The molecule has 1 aliphatic heterocycles. The Morgan fingerprint density at radius 2 is 2.12 bits per heavy atom. The van der Waals surface area contributed by atoms with Crippen LogP contribution in [0.25, 0.3) is 0 Å². The van der Waals surface area contributed by atoms with Crippen LogP contribution < -0.4 is 5.32 Å². The number of aryl methyl sites for hydroxylation is 1. The molecule has 1 N–H and O–H groups in total. The average molecular weight is 387 g/mol. The number of hydrogen-bond donors (Lipinski definition) is 1. The molecule has 0 bridgehead atoms. The van der Waals surface area contributed by atoms with Crippen LogP contribution in [0.2, 0.25) is 0 Å². The molecule has 2 aromatic rings. The van der Waals surface area contributed by atoms with Gasteiger partial charge < -0.3 is 9.88 Å². The van der Waals surface area contributed by atoms with Crippen LogP contribution >= 0.6 is 11.3 Å². The van der Waals surface area contributed by atoms with Gasteiger partial charge in [-0.25, -0.2) is 9.97 Å². The van der Waals surface area contributed by atoms with E-state index in [1.165, 1.54) is 12.5 Å². The molecule has 1 aliphatic rings. The van der Waals surface area contributed by atoms with Crippen molar-refractivity contribution in [2.75, 3.05) is 19.6 Å². The first-order chi connectivity index (χ1) is 12.3. The van der Waals surface area contributed by atoms with Gasteiger partial charge in [0.1, 0.15) is 12.1 Å². The van der Waals surface area contributed by atoms with Gasteiger partial charge in [0.25, 0.3) is 0 Å². The highest BCUT2D eigenvalue weighted by Gasteiger charge is 2.44. The molecule has 0 atom stereocenters. The van der Waals surface area contributed by atoms with Crippen molar-refractivity contribution in [3.8, 4) is 0 Å². The minimum atomic E-state index is -4.44. The summed E-state index contributed by atoms with van der Waals surface area (Å²) >= 11 is 1.58. The first-order valence-corrected chi connectivity index (χ1v) is 9.13. The number of alkyl halides is 3. The number of piperidine rings is 1. The van der Waals surface area contributed by atoms with Crippen LogP contribution in [0.5, 0.6) is 0 Å². The molecule has 142 valence electrons. The third-order valence-corrected chi connectivity index (χ3v) is 5.43. The summed E-state index contributed by atoms with van der Waals surface area (Å²) in [6.07, 6.45) is 1.05. The zero-order chi connectivity index (χ0) is 18.8. The molecule has 0 radical (unpaired) electrons. The van der Waals surface area contributed by atoms with Gasteiger partial charge >= 0.3 is 6.18 Å². The van der Waals surface area contributed by atoms with E-state index in [0.717, 1.165) is 10.7 Å². The number of nitrogens with one attached hydrogen (secondary N) is 1. The number of nitrogens with zero attached hydrogens (tertiary/aromatic N) is 4. The number of thiazole rings is 1. The third kappa shape index (κ3) is 4.24. The summed E-state index contributed by atoms with van der Waals surface area (Å²) in [6, 6.07) is 0. The van der Waals surface area contributed by atoms with Crippen LogP contribution in [0.15, 0.2) is 24.1 Å². The number of aromatic nitrogens is 3. The fourth-order valence-corrected chi connectivity index (χ4v) is 3.85. The standard InChI is InChI=1S/C16H20F3N5OS/c1-12-22-13(9-26-12)8-23-5-2-15(3-6-23,24-7-4-20-11-24)14(25)21-10-16(17,18)19/h4,7,9,11H,2-3,5-6,8,10H2,1H3,(H,21,25). The topological polar surface area (TPSA) is 63.1 Å². The molecule has 0 spiro atoms. The van der Waals surface area contributed by atoms with Crippen molar-refractivity contribution < 1.29 is 18.0 Å². The van der Waals surface area contributed by atoms with Crippen molar-refractivity contribution in [2.45, 2.75) is 38.0 Å². The minimum Gasteiger partial charge on any atom is -0.345 e. The van der Waals surface area contributed by atoms with Gasteiger partial charge in [-0.15, -0.1) is 11.3 Å². The molecule has 3 heterocycles. The molecule has 0 aliphatic carbocycles. The Bertz CT molecular complexity index is 735. The molecule has 1 fully saturated rings. The van der Waals surface area contributed by atoms with E-state index in [0.29, 0.717) is 32.5 Å². The Morgan fingerprint density at radius 1 is 1.38 bits per heavy atom. The highest BCUT2D eigenvalue weighted by molar-refractivity contribution is 7.09. The fraction of sp³-hybridized carbons (Fsp3) is 0.562. The van der Waals surface area contributed by atoms with Gasteiger partial charge in [0.15, 0.2) is 0 Å². The first kappa shape index (κ1) is 18.8. The van der Waals surface area contributed by atoms with Gasteiger partial charge in [0, 0.05) is 37.4 Å². The van der Waals surface area contributed by atoms with E-state index in [1.54, 1.807) is 22.1 Å². The van der Waals surface area contributed by atoms with Crippen LogP contribution in [-0.2, 0) is 16.9 Å². The summed E-state index contributed by atoms with van der Waals surface area (Å²) in [4.78, 5) is 23.2. The van der Waals surface area contributed by atoms with E-state index < -0.39 is 24.2 Å². The van der Waals surface area contributed by atoms with Crippen LogP contribution in [0.4, 0.5) is 13.2 Å². The predicted octanol–water partition coefficient (Wildman–Crippen LogP) is 2.32. The normalized spacial score (nSPS) is 18.0. The van der Waals surface area contributed by atoms with Gasteiger partial charge in [0.2, 0.25) is 5.91 Å². The molecule has 0 aromatic carbocycles.